The van der Waals surface area contributed by atoms with Gasteiger partial charge in [-0.1, -0.05) is 24.3 Å². The molecular weight excluding hydrogens is 264 g/mol. The number of aromatic nitrogens is 1. The number of hydrogen-bond acceptors (Lipinski definition) is 3. The minimum Gasteiger partial charge on any atom is -0.410 e. The normalized spacial score (nSPS) is 10.3. The average molecular weight is 278 g/mol. The van der Waals surface area contributed by atoms with E-state index in [9.17, 15) is 4.79 Å². The van der Waals surface area contributed by atoms with Crippen molar-refractivity contribution in [3.05, 3.63) is 66.9 Å². The van der Waals surface area contributed by atoms with Gasteiger partial charge < -0.3 is 4.74 Å². The minimum atomic E-state index is -0.426. The highest BCUT2D eigenvalue weighted by Gasteiger charge is 2.13. The Morgan fingerprint density at radius 1 is 1.05 bits per heavy atom. The van der Waals surface area contributed by atoms with Gasteiger partial charge in [0, 0.05) is 24.3 Å². The summed E-state index contributed by atoms with van der Waals surface area (Å²) in [6, 6.07) is 18.5. The van der Waals surface area contributed by atoms with Gasteiger partial charge in [0.15, 0.2) is 0 Å². The second-order valence-corrected chi connectivity index (χ2v) is 4.62. The molecule has 4 heteroatoms. The van der Waals surface area contributed by atoms with E-state index in [0.29, 0.717) is 5.75 Å². The van der Waals surface area contributed by atoms with Gasteiger partial charge >= 0.3 is 6.09 Å². The van der Waals surface area contributed by atoms with Crippen LogP contribution in [-0.2, 0) is 0 Å². The van der Waals surface area contributed by atoms with Gasteiger partial charge in [0.2, 0.25) is 0 Å². The van der Waals surface area contributed by atoms with Gasteiger partial charge in [-0.2, -0.15) is 0 Å². The molecule has 3 aromatic rings. The van der Waals surface area contributed by atoms with Gasteiger partial charge in [-0.15, -0.1) is 0 Å². The number of carbonyl (C=O) groups excluding carboxylic acids is 1. The SMILES string of the molecule is CN(C(=O)Oc1ccc2ncccc2c1)c1ccccc1. The second-order valence-electron chi connectivity index (χ2n) is 4.62. The Balaban J connectivity index is 1.80. The fourth-order valence-corrected chi connectivity index (χ4v) is 2.04. The van der Waals surface area contributed by atoms with Crippen LogP contribution in [0.1, 0.15) is 0 Å². The second kappa shape index (κ2) is 5.63. The molecule has 0 saturated carbocycles. The third kappa shape index (κ3) is 2.84. The third-order valence-electron chi connectivity index (χ3n) is 3.20. The first-order valence-electron chi connectivity index (χ1n) is 6.59. The number of amides is 1. The molecule has 0 radical (unpaired) electrons. The minimum absolute atomic E-state index is 0.426. The Hall–Kier alpha value is -2.88. The highest BCUT2D eigenvalue weighted by molar-refractivity contribution is 5.89. The number of nitrogens with zero attached hydrogens (tertiary/aromatic N) is 2. The molecule has 0 atom stereocenters. The topological polar surface area (TPSA) is 42.4 Å². The first kappa shape index (κ1) is 13.1. The molecular formula is C17H14N2O2. The van der Waals surface area contributed by atoms with E-state index in [0.717, 1.165) is 16.6 Å². The Labute approximate surface area is 122 Å². The summed E-state index contributed by atoms with van der Waals surface area (Å²) >= 11 is 0. The molecule has 1 aromatic heterocycles. The Kier molecular flexibility index (Phi) is 3.51. The van der Waals surface area contributed by atoms with Crippen LogP contribution in [0.3, 0.4) is 0 Å². The molecule has 1 amide bonds. The van der Waals surface area contributed by atoms with Crippen molar-refractivity contribution in [2.24, 2.45) is 0 Å². The van der Waals surface area contributed by atoms with Crippen LogP contribution < -0.4 is 9.64 Å². The molecule has 0 N–H and O–H groups in total. The molecule has 0 saturated heterocycles. The number of pyridine rings is 1. The summed E-state index contributed by atoms with van der Waals surface area (Å²) in [6.45, 7) is 0. The molecule has 0 bridgehead atoms. The molecule has 0 unspecified atom stereocenters. The van der Waals surface area contributed by atoms with Crippen molar-refractivity contribution in [2.75, 3.05) is 11.9 Å². The third-order valence-corrected chi connectivity index (χ3v) is 3.20. The number of ether oxygens (including phenoxy) is 1. The smallest absolute Gasteiger partial charge is 0.410 e. The van der Waals surface area contributed by atoms with Crippen LogP contribution in [0, 0.1) is 0 Å². The largest absolute Gasteiger partial charge is 0.419 e. The van der Waals surface area contributed by atoms with Gasteiger partial charge in [0.05, 0.1) is 5.52 Å². The van der Waals surface area contributed by atoms with Crippen molar-refractivity contribution in [2.45, 2.75) is 0 Å². The molecule has 0 fully saturated rings. The van der Waals surface area contributed by atoms with Crippen LogP contribution in [0.2, 0.25) is 0 Å². The van der Waals surface area contributed by atoms with Gasteiger partial charge in [-0.05, 0) is 36.4 Å². The summed E-state index contributed by atoms with van der Waals surface area (Å²) in [5.74, 6) is 0.503. The van der Waals surface area contributed by atoms with Gasteiger partial charge in [-0.25, -0.2) is 4.79 Å². The van der Waals surface area contributed by atoms with Crippen LogP contribution in [0.25, 0.3) is 10.9 Å². The van der Waals surface area contributed by atoms with Gasteiger partial charge in [0.25, 0.3) is 0 Å². The van der Waals surface area contributed by atoms with E-state index in [2.05, 4.69) is 4.98 Å². The van der Waals surface area contributed by atoms with Crippen molar-refractivity contribution >= 4 is 22.7 Å². The Morgan fingerprint density at radius 3 is 2.67 bits per heavy atom. The summed E-state index contributed by atoms with van der Waals surface area (Å²) in [6.07, 6.45) is 1.31. The summed E-state index contributed by atoms with van der Waals surface area (Å²) < 4.78 is 5.40. The van der Waals surface area contributed by atoms with Crippen molar-refractivity contribution < 1.29 is 9.53 Å². The van der Waals surface area contributed by atoms with E-state index in [1.54, 1.807) is 25.4 Å². The lowest BCUT2D eigenvalue weighted by molar-refractivity contribution is 0.209. The molecule has 0 aliphatic heterocycles. The monoisotopic (exact) mass is 278 g/mol. The zero-order chi connectivity index (χ0) is 14.7. The van der Waals surface area contributed by atoms with E-state index in [4.69, 9.17) is 4.74 Å². The number of anilines is 1. The summed E-state index contributed by atoms with van der Waals surface area (Å²) in [5.41, 5.74) is 1.65. The van der Waals surface area contributed by atoms with Crippen LogP contribution >= 0.6 is 0 Å². The molecule has 0 spiro atoms. The Morgan fingerprint density at radius 2 is 1.86 bits per heavy atom. The first-order valence-corrected chi connectivity index (χ1v) is 6.59. The number of hydrogen-bond donors (Lipinski definition) is 0. The van der Waals surface area contributed by atoms with Gasteiger partial charge in [0.1, 0.15) is 5.75 Å². The van der Waals surface area contributed by atoms with Gasteiger partial charge in [-0.3, -0.25) is 9.88 Å². The van der Waals surface area contributed by atoms with E-state index in [1.165, 1.54) is 4.90 Å². The molecule has 21 heavy (non-hydrogen) atoms. The fraction of sp³-hybridized carbons (Fsp3) is 0.0588. The number of rotatable bonds is 2. The zero-order valence-electron chi connectivity index (χ0n) is 11.6. The zero-order valence-corrected chi connectivity index (χ0v) is 11.6. The summed E-state index contributed by atoms with van der Waals surface area (Å²) in [5, 5.41) is 0.935. The maximum atomic E-state index is 12.1. The molecule has 0 aliphatic rings. The number of carbonyl (C=O) groups is 1. The lowest BCUT2D eigenvalue weighted by Gasteiger charge is -2.16. The van der Waals surface area contributed by atoms with E-state index >= 15 is 0 Å². The summed E-state index contributed by atoms with van der Waals surface area (Å²) in [7, 11) is 1.68. The molecule has 3 rings (SSSR count). The number of benzene rings is 2. The molecule has 1 heterocycles. The van der Waals surface area contributed by atoms with E-state index in [1.807, 2.05) is 48.5 Å². The van der Waals surface area contributed by atoms with Crippen molar-refractivity contribution in [1.29, 1.82) is 0 Å². The first-order chi connectivity index (χ1) is 10.2. The van der Waals surface area contributed by atoms with Crippen LogP contribution in [0.15, 0.2) is 66.9 Å². The maximum absolute atomic E-state index is 12.1. The maximum Gasteiger partial charge on any atom is 0.419 e. The molecule has 104 valence electrons. The van der Waals surface area contributed by atoms with Crippen molar-refractivity contribution in [3.63, 3.8) is 0 Å². The summed E-state index contributed by atoms with van der Waals surface area (Å²) in [4.78, 5) is 17.8. The van der Waals surface area contributed by atoms with E-state index < -0.39 is 6.09 Å². The molecule has 4 nitrogen and oxygen atoms in total. The van der Waals surface area contributed by atoms with Crippen molar-refractivity contribution in [1.82, 2.24) is 4.98 Å². The van der Waals surface area contributed by atoms with Crippen LogP contribution in [0.4, 0.5) is 10.5 Å². The predicted molar refractivity (Wildman–Crippen MR) is 82.6 cm³/mol. The standard InChI is InChI=1S/C17H14N2O2/c1-19(14-7-3-2-4-8-14)17(20)21-15-9-10-16-13(12-15)6-5-11-18-16/h2-12H,1H3. The van der Waals surface area contributed by atoms with Crippen LogP contribution in [0.5, 0.6) is 5.75 Å². The Bertz CT molecular complexity index is 772. The highest BCUT2D eigenvalue weighted by atomic mass is 16.6. The molecule has 0 aliphatic carbocycles. The van der Waals surface area contributed by atoms with E-state index in [-0.39, 0.29) is 0 Å². The number of fused-ring (bicyclic) bond motifs is 1. The fourth-order valence-electron chi connectivity index (χ4n) is 2.04. The quantitative estimate of drug-likeness (QED) is 0.714. The highest BCUT2D eigenvalue weighted by Crippen LogP contribution is 2.20. The van der Waals surface area contributed by atoms with Crippen molar-refractivity contribution in [3.8, 4) is 5.75 Å². The average Bonchev–Trinajstić information content (AvgIpc) is 2.55. The molecule has 2 aromatic carbocycles. The predicted octanol–water partition coefficient (Wildman–Crippen LogP) is 3.87. The van der Waals surface area contributed by atoms with Crippen LogP contribution in [-0.4, -0.2) is 18.1 Å². The lowest BCUT2D eigenvalue weighted by atomic mass is 10.2. The lowest BCUT2D eigenvalue weighted by Crippen LogP contribution is -2.29. The number of para-hydroxylation sites is 1.